The van der Waals surface area contributed by atoms with Gasteiger partial charge in [0.15, 0.2) is 11.5 Å². The SMILES string of the molecule is COc1ccc(/C=C(\C(=O)N(C)C)N2C(C)=CC(=C=O)C=C2C)cc1OCC1CC1. The lowest BCUT2D eigenvalue weighted by Crippen LogP contribution is -2.33. The van der Waals surface area contributed by atoms with Crippen LogP contribution in [-0.4, -0.2) is 49.5 Å². The van der Waals surface area contributed by atoms with Crippen molar-refractivity contribution in [3.05, 3.63) is 58.6 Å². The van der Waals surface area contributed by atoms with Crippen molar-refractivity contribution in [3.63, 3.8) is 0 Å². The van der Waals surface area contributed by atoms with Crippen LogP contribution in [0.3, 0.4) is 0 Å². The van der Waals surface area contributed by atoms with Gasteiger partial charge in [0.05, 0.1) is 19.3 Å². The number of carbonyl (C=O) groups excluding carboxylic acids is 2. The van der Waals surface area contributed by atoms with Crippen LogP contribution in [0.4, 0.5) is 0 Å². The minimum atomic E-state index is -0.148. The van der Waals surface area contributed by atoms with Crippen molar-refractivity contribution in [2.45, 2.75) is 26.7 Å². The molecule has 0 spiro atoms. The fourth-order valence-electron chi connectivity index (χ4n) is 3.33. The van der Waals surface area contributed by atoms with E-state index in [1.165, 1.54) is 17.7 Å². The van der Waals surface area contributed by atoms with Crippen LogP contribution in [-0.2, 0) is 9.59 Å². The van der Waals surface area contributed by atoms with E-state index in [9.17, 15) is 9.59 Å². The molecule has 1 amide bonds. The Labute approximate surface area is 177 Å². The lowest BCUT2D eigenvalue weighted by Gasteiger charge is -2.31. The number of hydrogen-bond acceptors (Lipinski definition) is 5. The molecule has 3 rings (SSSR count). The fraction of sp³-hybridized carbons (Fsp3) is 0.375. The summed E-state index contributed by atoms with van der Waals surface area (Å²) in [5.74, 6) is 3.72. The number of amides is 1. The maximum atomic E-state index is 13.0. The van der Waals surface area contributed by atoms with Crippen LogP contribution in [0.1, 0.15) is 32.3 Å². The van der Waals surface area contributed by atoms with Crippen molar-refractivity contribution in [1.82, 2.24) is 9.80 Å². The highest BCUT2D eigenvalue weighted by Crippen LogP contribution is 2.34. The summed E-state index contributed by atoms with van der Waals surface area (Å²) >= 11 is 0. The van der Waals surface area contributed by atoms with Crippen LogP contribution in [0.5, 0.6) is 11.5 Å². The number of ether oxygens (including phenoxy) is 2. The third-order valence-corrected chi connectivity index (χ3v) is 5.08. The monoisotopic (exact) mass is 408 g/mol. The molecule has 0 N–H and O–H groups in total. The lowest BCUT2D eigenvalue weighted by atomic mass is 10.1. The Hall–Kier alpha value is -3.24. The molecule has 1 aliphatic heterocycles. The highest BCUT2D eigenvalue weighted by Gasteiger charge is 2.25. The molecule has 1 aromatic rings. The van der Waals surface area contributed by atoms with Gasteiger partial charge in [0.2, 0.25) is 0 Å². The zero-order chi connectivity index (χ0) is 21.8. The third kappa shape index (κ3) is 4.84. The number of benzene rings is 1. The Morgan fingerprint density at radius 3 is 2.40 bits per heavy atom. The van der Waals surface area contributed by atoms with Gasteiger partial charge in [-0.3, -0.25) is 4.79 Å². The first kappa shape index (κ1) is 21.5. The third-order valence-electron chi connectivity index (χ3n) is 5.08. The van der Waals surface area contributed by atoms with Gasteiger partial charge in [0.25, 0.3) is 5.91 Å². The van der Waals surface area contributed by atoms with E-state index < -0.39 is 0 Å². The molecular weight excluding hydrogens is 380 g/mol. The minimum Gasteiger partial charge on any atom is -0.493 e. The molecule has 158 valence electrons. The molecule has 0 aromatic heterocycles. The van der Waals surface area contributed by atoms with E-state index in [2.05, 4.69) is 0 Å². The first-order valence-corrected chi connectivity index (χ1v) is 10.00. The largest absolute Gasteiger partial charge is 0.493 e. The zero-order valence-electron chi connectivity index (χ0n) is 18.2. The molecule has 0 bridgehead atoms. The first-order chi connectivity index (χ1) is 14.3. The molecular formula is C24H28N2O4. The predicted octanol–water partition coefficient (Wildman–Crippen LogP) is 3.79. The van der Waals surface area contributed by atoms with E-state index in [0.29, 0.717) is 35.3 Å². The second-order valence-electron chi connectivity index (χ2n) is 7.86. The van der Waals surface area contributed by atoms with Crippen molar-refractivity contribution in [3.8, 4) is 11.5 Å². The Balaban J connectivity index is 2.02. The molecule has 0 atom stereocenters. The lowest BCUT2D eigenvalue weighted by molar-refractivity contribution is -0.125. The topological polar surface area (TPSA) is 59.1 Å². The van der Waals surface area contributed by atoms with Gasteiger partial charge in [-0.1, -0.05) is 6.07 Å². The number of methoxy groups -OCH3 is 1. The summed E-state index contributed by atoms with van der Waals surface area (Å²) < 4.78 is 11.4. The molecule has 0 radical (unpaired) electrons. The maximum absolute atomic E-state index is 13.0. The molecule has 0 saturated heterocycles. The molecule has 1 aromatic carbocycles. The van der Waals surface area contributed by atoms with Crippen LogP contribution >= 0.6 is 0 Å². The average Bonchev–Trinajstić information content (AvgIpc) is 3.54. The number of likely N-dealkylation sites (N-methyl/N-ethyl adjacent to an activating group) is 1. The molecule has 0 unspecified atom stereocenters. The van der Waals surface area contributed by atoms with Crippen molar-refractivity contribution in [1.29, 1.82) is 0 Å². The van der Waals surface area contributed by atoms with E-state index in [1.54, 1.807) is 33.4 Å². The number of hydrogen-bond donors (Lipinski definition) is 0. The normalized spacial score (nSPS) is 16.5. The Morgan fingerprint density at radius 1 is 1.20 bits per heavy atom. The van der Waals surface area contributed by atoms with Gasteiger partial charge < -0.3 is 19.3 Å². The highest BCUT2D eigenvalue weighted by molar-refractivity contribution is 5.98. The second kappa shape index (κ2) is 9.06. The predicted molar refractivity (Wildman–Crippen MR) is 116 cm³/mol. The summed E-state index contributed by atoms with van der Waals surface area (Å²) in [4.78, 5) is 27.5. The van der Waals surface area contributed by atoms with E-state index in [-0.39, 0.29) is 5.91 Å². The van der Waals surface area contributed by atoms with Gasteiger partial charge in [0, 0.05) is 25.5 Å². The summed E-state index contributed by atoms with van der Waals surface area (Å²) in [6, 6.07) is 5.63. The van der Waals surface area contributed by atoms with Crippen LogP contribution in [0.2, 0.25) is 0 Å². The van der Waals surface area contributed by atoms with Gasteiger partial charge in [-0.05, 0) is 68.5 Å². The quantitative estimate of drug-likeness (QED) is 0.507. The molecule has 30 heavy (non-hydrogen) atoms. The van der Waals surface area contributed by atoms with Crippen molar-refractivity contribution in [2.75, 3.05) is 27.8 Å². The van der Waals surface area contributed by atoms with Gasteiger partial charge in [-0.15, -0.1) is 0 Å². The van der Waals surface area contributed by atoms with Crippen LogP contribution in [0, 0.1) is 5.92 Å². The molecule has 1 aliphatic carbocycles. The maximum Gasteiger partial charge on any atom is 0.270 e. The van der Waals surface area contributed by atoms with Crippen LogP contribution < -0.4 is 9.47 Å². The van der Waals surface area contributed by atoms with Crippen molar-refractivity contribution in [2.24, 2.45) is 5.92 Å². The summed E-state index contributed by atoms with van der Waals surface area (Å²) in [6.07, 6.45) is 7.67. The Bertz CT molecular complexity index is 955. The van der Waals surface area contributed by atoms with Gasteiger partial charge >= 0.3 is 0 Å². The standard InChI is InChI=1S/C24H28N2O4/c1-16-10-20(14-27)11-17(2)26(16)21(24(28)25(3)4)12-19-8-9-22(29-5)23(13-19)30-15-18-6-7-18/h8-13,18H,6-7,15H2,1-5H3/b21-12+. The molecule has 6 heteroatoms. The van der Waals surface area contributed by atoms with E-state index >= 15 is 0 Å². The second-order valence-corrected chi connectivity index (χ2v) is 7.86. The van der Waals surface area contributed by atoms with E-state index in [0.717, 1.165) is 17.0 Å². The average molecular weight is 408 g/mol. The summed E-state index contributed by atoms with van der Waals surface area (Å²) in [5, 5.41) is 0. The van der Waals surface area contributed by atoms with Crippen molar-refractivity contribution < 1.29 is 19.1 Å². The zero-order valence-corrected chi connectivity index (χ0v) is 18.2. The van der Waals surface area contributed by atoms with E-state index in [4.69, 9.17) is 9.47 Å². The molecule has 1 heterocycles. The Morgan fingerprint density at radius 2 is 1.87 bits per heavy atom. The van der Waals surface area contributed by atoms with Gasteiger partial charge in [0.1, 0.15) is 11.6 Å². The molecule has 1 fully saturated rings. The number of rotatable bonds is 7. The molecule has 6 nitrogen and oxygen atoms in total. The Kier molecular flexibility index (Phi) is 6.48. The van der Waals surface area contributed by atoms with Crippen LogP contribution in [0.15, 0.2) is 53.0 Å². The summed E-state index contributed by atoms with van der Waals surface area (Å²) in [7, 11) is 5.05. The van der Waals surface area contributed by atoms with Crippen LogP contribution in [0.25, 0.3) is 6.08 Å². The van der Waals surface area contributed by atoms with Gasteiger partial charge in [-0.2, -0.15) is 0 Å². The van der Waals surface area contributed by atoms with Crippen molar-refractivity contribution >= 4 is 17.9 Å². The molecule has 2 aliphatic rings. The van der Waals surface area contributed by atoms with E-state index in [1.807, 2.05) is 49.0 Å². The first-order valence-electron chi connectivity index (χ1n) is 10.00. The fourth-order valence-corrected chi connectivity index (χ4v) is 3.33. The summed E-state index contributed by atoms with van der Waals surface area (Å²) in [6.45, 7) is 4.40. The number of nitrogens with zero attached hydrogens (tertiary/aromatic N) is 2. The number of carbonyl (C=O) groups is 1. The molecule has 1 saturated carbocycles. The summed E-state index contributed by atoms with van der Waals surface area (Å²) in [5.41, 5.74) is 3.30. The smallest absolute Gasteiger partial charge is 0.270 e. The highest BCUT2D eigenvalue weighted by atomic mass is 16.5. The van der Waals surface area contributed by atoms with Gasteiger partial charge in [-0.25, -0.2) is 4.79 Å². The minimum absolute atomic E-state index is 0.148. The number of allylic oxidation sites excluding steroid dienone is 5.